The lowest BCUT2D eigenvalue weighted by molar-refractivity contribution is -0.137. The molecule has 0 saturated carbocycles. The summed E-state index contributed by atoms with van der Waals surface area (Å²) in [6.45, 7) is 10.4. The van der Waals surface area contributed by atoms with E-state index in [1.54, 1.807) is 6.07 Å². The van der Waals surface area contributed by atoms with E-state index in [9.17, 15) is 13.2 Å². The van der Waals surface area contributed by atoms with Crippen LogP contribution >= 0.6 is 0 Å². The standard InChI is InChI=1S/C30H33F3N6O/c1-29(2,3)22-10-9-21(17-25(22)40-15-7-14-39-12-4-5-13-39)38-28-27-24(36-19-37-28)16-20(18-35-27)26-23(30(31,32)33)8-6-11-34-26/h6,8-11,16-19H,4-5,7,12-15H2,1-3H3,(H,36,37,38). The zero-order chi connectivity index (χ0) is 28.3. The van der Waals surface area contributed by atoms with Crippen molar-refractivity contribution in [3.63, 3.8) is 0 Å². The van der Waals surface area contributed by atoms with Gasteiger partial charge in [-0.05, 0) is 67.6 Å². The number of ether oxygens (including phenoxy) is 1. The van der Waals surface area contributed by atoms with Crippen molar-refractivity contribution in [2.45, 2.75) is 51.6 Å². The maximum Gasteiger partial charge on any atom is 0.418 e. The van der Waals surface area contributed by atoms with E-state index in [2.05, 4.69) is 50.9 Å². The molecule has 7 nitrogen and oxygen atoms in total. The van der Waals surface area contributed by atoms with Crippen LogP contribution in [0.5, 0.6) is 5.75 Å². The lowest BCUT2D eigenvalue weighted by Gasteiger charge is -2.24. The molecular weight excluding hydrogens is 517 g/mol. The van der Waals surface area contributed by atoms with Crippen molar-refractivity contribution >= 4 is 22.5 Å². The molecule has 1 aromatic carbocycles. The summed E-state index contributed by atoms with van der Waals surface area (Å²) in [5, 5.41) is 3.30. The van der Waals surface area contributed by atoms with Crippen LogP contribution in [0, 0.1) is 0 Å². The highest BCUT2D eigenvalue weighted by Crippen LogP contribution is 2.37. The number of anilines is 2. The molecule has 1 saturated heterocycles. The van der Waals surface area contributed by atoms with E-state index in [4.69, 9.17) is 4.74 Å². The lowest BCUT2D eigenvalue weighted by atomic mass is 9.86. The van der Waals surface area contributed by atoms with Crippen LogP contribution in [0.25, 0.3) is 22.3 Å². The number of halogens is 3. The fraction of sp³-hybridized carbons (Fsp3) is 0.400. The summed E-state index contributed by atoms with van der Waals surface area (Å²) in [6.07, 6.45) is 3.02. The fourth-order valence-electron chi connectivity index (χ4n) is 4.98. The number of rotatable bonds is 8. The van der Waals surface area contributed by atoms with E-state index in [0.717, 1.165) is 36.0 Å². The summed E-state index contributed by atoms with van der Waals surface area (Å²) in [4.78, 5) is 19.5. The van der Waals surface area contributed by atoms with Gasteiger partial charge in [-0.1, -0.05) is 26.8 Å². The van der Waals surface area contributed by atoms with Crippen LogP contribution in [0.2, 0.25) is 0 Å². The highest BCUT2D eigenvalue weighted by molar-refractivity contribution is 5.89. The zero-order valence-electron chi connectivity index (χ0n) is 22.9. The molecule has 0 spiro atoms. The molecule has 1 aliphatic rings. The number of fused-ring (bicyclic) bond motifs is 1. The first-order valence-corrected chi connectivity index (χ1v) is 13.5. The average molecular weight is 551 g/mol. The zero-order valence-corrected chi connectivity index (χ0v) is 22.9. The minimum absolute atomic E-state index is 0.108. The quantitative estimate of drug-likeness (QED) is 0.237. The van der Waals surface area contributed by atoms with Crippen molar-refractivity contribution in [3.05, 3.63) is 66.2 Å². The van der Waals surface area contributed by atoms with Gasteiger partial charge in [0, 0.05) is 36.3 Å². The van der Waals surface area contributed by atoms with Gasteiger partial charge in [-0.25, -0.2) is 15.0 Å². The van der Waals surface area contributed by atoms with Gasteiger partial charge in [0.15, 0.2) is 5.82 Å². The summed E-state index contributed by atoms with van der Waals surface area (Å²) >= 11 is 0. The minimum atomic E-state index is -4.54. The predicted octanol–water partition coefficient (Wildman–Crippen LogP) is 7.01. The Morgan fingerprint density at radius 2 is 1.75 bits per heavy atom. The second kappa shape index (κ2) is 11.4. The summed E-state index contributed by atoms with van der Waals surface area (Å²) in [6, 6.07) is 9.79. The van der Waals surface area contributed by atoms with Gasteiger partial charge < -0.3 is 15.0 Å². The maximum atomic E-state index is 13.5. The van der Waals surface area contributed by atoms with E-state index in [1.165, 1.54) is 50.7 Å². The van der Waals surface area contributed by atoms with Crippen molar-refractivity contribution in [1.29, 1.82) is 0 Å². The molecule has 1 fully saturated rings. The number of pyridine rings is 2. The van der Waals surface area contributed by atoms with E-state index in [1.807, 2.05) is 18.2 Å². The van der Waals surface area contributed by atoms with Crippen LogP contribution in [-0.4, -0.2) is 51.1 Å². The van der Waals surface area contributed by atoms with Gasteiger partial charge in [0.2, 0.25) is 0 Å². The molecule has 210 valence electrons. The van der Waals surface area contributed by atoms with Crippen LogP contribution < -0.4 is 10.1 Å². The van der Waals surface area contributed by atoms with Crippen molar-refractivity contribution in [2.24, 2.45) is 0 Å². The van der Waals surface area contributed by atoms with E-state index >= 15 is 0 Å². The Hall–Kier alpha value is -3.79. The Morgan fingerprint density at radius 3 is 2.50 bits per heavy atom. The van der Waals surface area contributed by atoms with Gasteiger partial charge in [0.25, 0.3) is 0 Å². The molecule has 40 heavy (non-hydrogen) atoms. The van der Waals surface area contributed by atoms with Crippen molar-refractivity contribution in [1.82, 2.24) is 24.8 Å². The van der Waals surface area contributed by atoms with Crippen molar-refractivity contribution in [2.75, 3.05) is 31.6 Å². The molecule has 1 aliphatic heterocycles. The first kappa shape index (κ1) is 27.8. The van der Waals surface area contributed by atoms with E-state index in [0.29, 0.717) is 23.5 Å². The Morgan fingerprint density at radius 1 is 0.950 bits per heavy atom. The van der Waals surface area contributed by atoms with Gasteiger partial charge >= 0.3 is 6.18 Å². The number of nitrogens with zero attached hydrogens (tertiary/aromatic N) is 5. The highest BCUT2D eigenvalue weighted by Gasteiger charge is 2.34. The van der Waals surface area contributed by atoms with Crippen molar-refractivity contribution < 1.29 is 17.9 Å². The second-order valence-electron chi connectivity index (χ2n) is 11.0. The predicted molar refractivity (Wildman–Crippen MR) is 150 cm³/mol. The van der Waals surface area contributed by atoms with Crippen LogP contribution in [0.1, 0.15) is 51.2 Å². The number of hydrogen-bond donors (Lipinski definition) is 1. The molecule has 0 atom stereocenters. The summed E-state index contributed by atoms with van der Waals surface area (Å²) in [5.41, 5.74) is 1.80. The smallest absolute Gasteiger partial charge is 0.418 e. The second-order valence-corrected chi connectivity index (χ2v) is 11.0. The van der Waals surface area contributed by atoms with Crippen LogP contribution in [0.4, 0.5) is 24.7 Å². The fourth-order valence-corrected chi connectivity index (χ4v) is 4.98. The number of benzene rings is 1. The SMILES string of the molecule is CC(C)(C)c1ccc(Nc2ncnc3cc(-c4ncccc4C(F)(F)F)cnc23)cc1OCCCN1CCCC1. The Kier molecular flexibility index (Phi) is 7.89. The number of aromatic nitrogens is 4. The monoisotopic (exact) mass is 550 g/mol. The Labute approximate surface area is 231 Å². The van der Waals surface area contributed by atoms with Crippen LogP contribution in [-0.2, 0) is 11.6 Å². The van der Waals surface area contributed by atoms with Gasteiger partial charge in [-0.3, -0.25) is 4.98 Å². The molecule has 1 N–H and O–H groups in total. The molecule has 4 heterocycles. The average Bonchev–Trinajstić information content (AvgIpc) is 3.44. The lowest BCUT2D eigenvalue weighted by Crippen LogP contribution is -2.22. The molecular formula is C30H33F3N6O. The molecule has 0 radical (unpaired) electrons. The molecule has 4 aromatic rings. The van der Waals surface area contributed by atoms with E-state index in [-0.39, 0.29) is 16.7 Å². The van der Waals surface area contributed by atoms with Gasteiger partial charge in [-0.15, -0.1) is 0 Å². The summed E-state index contributed by atoms with van der Waals surface area (Å²) < 4.78 is 46.9. The first-order valence-electron chi connectivity index (χ1n) is 13.5. The maximum absolute atomic E-state index is 13.5. The number of likely N-dealkylation sites (tertiary alicyclic amines) is 1. The minimum Gasteiger partial charge on any atom is -0.493 e. The number of hydrogen-bond acceptors (Lipinski definition) is 7. The Bertz CT molecular complexity index is 1480. The molecule has 0 amide bonds. The van der Waals surface area contributed by atoms with Crippen LogP contribution in [0.3, 0.4) is 0 Å². The Balaban J connectivity index is 1.39. The first-order chi connectivity index (χ1) is 19.1. The van der Waals surface area contributed by atoms with Gasteiger partial charge in [-0.2, -0.15) is 13.2 Å². The largest absolute Gasteiger partial charge is 0.493 e. The number of nitrogens with one attached hydrogen (secondary N) is 1. The van der Waals surface area contributed by atoms with Crippen LogP contribution in [0.15, 0.2) is 55.1 Å². The normalized spacial score (nSPS) is 14.6. The number of alkyl halides is 3. The molecule has 3 aromatic heterocycles. The molecule has 10 heteroatoms. The van der Waals surface area contributed by atoms with Crippen molar-refractivity contribution in [3.8, 4) is 17.0 Å². The summed E-state index contributed by atoms with van der Waals surface area (Å²) in [5.74, 6) is 1.25. The molecule has 0 bridgehead atoms. The third-order valence-corrected chi connectivity index (χ3v) is 6.99. The van der Waals surface area contributed by atoms with E-state index < -0.39 is 11.7 Å². The summed E-state index contributed by atoms with van der Waals surface area (Å²) in [7, 11) is 0. The molecule has 0 aliphatic carbocycles. The highest BCUT2D eigenvalue weighted by atomic mass is 19.4. The third kappa shape index (κ3) is 6.33. The topological polar surface area (TPSA) is 76.1 Å². The molecule has 5 rings (SSSR count). The third-order valence-electron chi connectivity index (χ3n) is 6.99. The van der Waals surface area contributed by atoms with Gasteiger partial charge in [0.05, 0.1) is 23.4 Å². The molecule has 0 unspecified atom stereocenters. The van der Waals surface area contributed by atoms with Gasteiger partial charge in [0.1, 0.15) is 17.6 Å².